The lowest BCUT2D eigenvalue weighted by molar-refractivity contribution is -0.196. The van der Waals surface area contributed by atoms with Crippen molar-refractivity contribution in [3.8, 4) is 0 Å². The van der Waals surface area contributed by atoms with Crippen molar-refractivity contribution in [3.05, 3.63) is 29.0 Å². The molecule has 0 unspecified atom stereocenters. The van der Waals surface area contributed by atoms with Crippen molar-refractivity contribution in [2.75, 3.05) is 26.3 Å². The summed E-state index contributed by atoms with van der Waals surface area (Å²) in [4.78, 5) is 29.7. The van der Waals surface area contributed by atoms with Gasteiger partial charge in [0.25, 0.3) is 0 Å². The maximum absolute atomic E-state index is 12.6. The number of halogens is 1. The predicted molar refractivity (Wildman–Crippen MR) is 80.4 cm³/mol. The largest absolute Gasteiger partial charge is 0.380 e. The number of hydrogen-bond acceptors (Lipinski definition) is 4. The SMILES string of the molecule is CC(=O)N[C@@H](Cc1ccncc1Cl)C(=O)N1CC2(COC2)C1. The normalized spacial score (nSPS) is 20.0. The van der Waals surface area contributed by atoms with Crippen LogP contribution in [0.4, 0.5) is 0 Å². The molecule has 1 aromatic heterocycles. The average molecular weight is 324 g/mol. The van der Waals surface area contributed by atoms with E-state index >= 15 is 0 Å². The molecule has 22 heavy (non-hydrogen) atoms. The number of nitrogens with one attached hydrogen (secondary N) is 1. The Morgan fingerprint density at radius 2 is 2.23 bits per heavy atom. The second kappa shape index (κ2) is 5.85. The van der Waals surface area contributed by atoms with E-state index in [2.05, 4.69) is 10.3 Å². The van der Waals surface area contributed by atoms with Crippen LogP contribution in [-0.2, 0) is 20.7 Å². The van der Waals surface area contributed by atoms with Gasteiger partial charge in [-0.3, -0.25) is 14.6 Å². The average Bonchev–Trinajstić information content (AvgIpc) is 2.36. The van der Waals surface area contributed by atoms with E-state index in [-0.39, 0.29) is 17.2 Å². The van der Waals surface area contributed by atoms with E-state index in [1.54, 1.807) is 17.2 Å². The zero-order valence-corrected chi connectivity index (χ0v) is 13.1. The van der Waals surface area contributed by atoms with Gasteiger partial charge < -0.3 is 15.0 Å². The van der Waals surface area contributed by atoms with Crippen molar-refractivity contribution < 1.29 is 14.3 Å². The quantitative estimate of drug-likeness (QED) is 0.882. The Morgan fingerprint density at radius 3 is 2.77 bits per heavy atom. The Kier molecular flexibility index (Phi) is 4.06. The van der Waals surface area contributed by atoms with Gasteiger partial charge in [0.05, 0.1) is 23.7 Å². The predicted octanol–water partition coefficient (Wildman–Crippen LogP) is 0.641. The third-order valence-electron chi connectivity index (χ3n) is 4.14. The van der Waals surface area contributed by atoms with Crippen molar-refractivity contribution in [2.45, 2.75) is 19.4 Å². The monoisotopic (exact) mass is 323 g/mol. The van der Waals surface area contributed by atoms with Crippen LogP contribution in [0.5, 0.6) is 0 Å². The molecule has 118 valence electrons. The van der Waals surface area contributed by atoms with Gasteiger partial charge in [-0.05, 0) is 11.6 Å². The standard InChI is InChI=1S/C15H18ClN3O3/c1-10(20)18-13(4-11-2-3-17-5-12(11)16)14(21)19-6-15(7-19)8-22-9-15/h2-3,5,13H,4,6-9H2,1H3,(H,18,20)/t13-/m0/s1. The maximum atomic E-state index is 12.6. The summed E-state index contributed by atoms with van der Waals surface area (Å²) in [5.41, 5.74) is 0.955. The molecule has 1 spiro atoms. The molecule has 2 fully saturated rings. The molecule has 1 aromatic rings. The number of nitrogens with zero attached hydrogens (tertiary/aromatic N) is 2. The van der Waals surface area contributed by atoms with E-state index in [0.717, 1.165) is 18.8 Å². The Morgan fingerprint density at radius 1 is 1.50 bits per heavy atom. The number of amides is 2. The minimum Gasteiger partial charge on any atom is -0.380 e. The van der Waals surface area contributed by atoms with E-state index < -0.39 is 6.04 Å². The number of carbonyl (C=O) groups excluding carboxylic acids is 2. The lowest BCUT2D eigenvalue weighted by Gasteiger charge is -2.55. The fourth-order valence-corrected chi connectivity index (χ4v) is 3.14. The van der Waals surface area contributed by atoms with Crippen LogP contribution in [-0.4, -0.2) is 54.0 Å². The highest BCUT2D eigenvalue weighted by molar-refractivity contribution is 6.31. The summed E-state index contributed by atoms with van der Waals surface area (Å²) in [6.45, 7) is 4.25. The Hall–Kier alpha value is -1.66. The number of ether oxygens (including phenoxy) is 1. The number of pyridine rings is 1. The molecular formula is C15H18ClN3O3. The lowest BCUT2D eigenvalue weighted by Crippen LogP contribution is -2.69. The molecule has 0 bridgehead atoms. The Labute approximate surface area is 133 Å². The lowest BCUT2D eigenvalue weighted by atomic mass is 9.77. The molecule has 6 nitrogen and oxygen atoms in total. The first kappa shape index (κ1) is 15.2. The van der Waals surface area contributed by atoms with Crippen molar-refractivity contribution in [3.63, 3.8) is 0 Å². The Balaban J connectivity index is 1.68. The molecule has 1 atom stereocenters. The summed E-state index contributed by atoms with van der Waals surface area (Å²) in [5.74, 6) is -0.300. The number of hydrogen-bond donors (Lipinski definition) is 1. The van der Waals surface area contributed by atoms with Crippen molar-refractivity contribution in [2.24, 2.45) is 5.41 Å². The molecule has 2 saturated heterocycles. The van der Waals surface area contributed by atoms with E-state index in [9.17, 15) is 9.59 Å². The topological polar surface area (TPSA) is 71.5 Å². The fraction of sp³-hybridized carbons (Fsp3) is 0.533. The van der Waals surface area contributed by atoms with Gasteiger partial charge in [0, 0.05) is 38.8 Å². The molecule has 3 heterocycles. The maximum Gasteiger partial charge on any atom is 0.245 e. The second-order valence-corrected chi connectivity index (χ2v) is 6.52. The molecule has 7 heteroatoms. The number of rotatable bonds is 4. The molecule has 3 rings (SSSR count). The minimum atomic E-state index is -0.601. The summed E-state index contributed by atoms with van der Waals surface area (Å²) < 4.78 is 5.21. The van der Waals surface area contributed by atoms with Gasteiger partial charge in [0.2, 0.25) is 11.8 Å². The zero-order chi connectivity index (χ0) is 15.7. The highest BCUT2D eigenvalue weighted by Gasteiger charge is 2.51. The van der Waals surface area contributed by atoms with Gasteiger partial charge in [-0.15, -0.1) is 0 Å². The van der Waals surface area contributed by atoms with E-state index in [0.29, 0.717) is 24.5 Å². The summed E-state index contributed by atoms with van der Waals surface area (Å²) in [6.07, 6.45) is 3.52. The molecule has 0 radical (unpaired) electrons. The van der Waals surface area contributed by atoms with Gasteiger partial charge in [0.1, 0.15) is 6.04 Å². The first-order valence-corrected chi connectivity index (χ1v) is 7.59. The molecule has 2 aliphatic heterocycles. The van der Waals surface area contributed by atoms with E-state index in [4.69, 9.17) is 16.3 Å². The third-order valence-corrected chi connectivity index (χ3v) is 4.48. The van der Waals surface area contributed by atoms with Gasteiger partial charge in [-0.2, -0.15) is 0 Å². The molecule has 1 N–H and O–H groups in total. The van der Waals surface area contributed by atoms with Crippen LogP contribution in [0.2, 0.25) is 5.02 Å². The summed E-state index contributed by atoms with van der Waals surface area (Å²) in [6, 6.07) is 1.16. The van der Waals surface area contributed by atoms with Gasteiger partial charge in [-0.1, -0.05) is 11.6 Å². The molecular weight excluding hydrogens is 306 g/mol. The van der Waals surface area contributed by atoms with E-state index in [1.165, 1.54) is 13.1 Å². The van der Waals surface area contributed by atoms with Gasteiger partial charge >= 0.3 is 0 Å². The molecule has 2 aliphatic rings. The molecule has 0 saturated carbocycles. The van der Waals surface area contributed by atoms with Gasteiger partial charge in [-0.25, -0.2) is 0 Å². The van der Waals surface area contributed by atoms with Crippen LogP contribution < -0.4 is 5.32 Å². The Bertz CT molecular complexity index is 595. The first-order valence-electron chi connectivity index (χ1n) is 7.21. The summed E-state index contributed by atoms with van der Waals surface area (Å²) >= 11 is 6.10. The van der Waals surface area contributed by atoms with Crippen LogP contribution >= 0.6 is 11.6 Å². The highest BCUT2D eigenvalue weighted by Crippen LogP contribution is 2.37. The number of likely N-dealkylation sites (tertiary alicyclic amines) is 1. The van der Waals surface area contributed by atoms with Gasteiger partial charge in [0.15, 0.2) is 0 Å². The number of aromatic nitrogens is 1. The van der Waals surface area contributed by atoms with Crippen molar-refractivity contribution in [1.29, 1.82) is 0 Å². The molecule has 2 amide bonds. The minimum absolute atomic E-state index is 0.0689. The fourth-order valence-electron chi connectivity index (χ4n) is 2.95. The first-order chi connectivity index (χ1) is 10.5. The van der Waals surface area contributed by atoms with Crippen LogP contribution in [0.15, 0.2) is 18.5 Å². The van der Waals surface area contributed by atoms with Crippen molar-refractivity contribution >= 4 is 23.4 Å². The smallest absolute Gasteiger partial charge is 0.245 e. The van der Waals surface area contributed by atoms with Crippen molar-refractivity contribution in [1.82, 2.24) is 15.2 Å². The van der Waals surface area contributed by atoms with Crippen LogP contribution in [0.1, 0.15) is 12.5 Å². The zero-order valence-electron chi connectivity index (χ0n) is 12.3. The van der Waals surface area contributed by atoms with Crippen LogP contribution in [0.25, 0.3) is 0 Å². The summed E-state index contributed by atoms with van der Waals surface area (Å²) in [5, 5.41) is 3.23. The summed E-state index contributed by atoms with van der Waals surface area (Å²) in [7, 11) is 0. The molecule has 0 aromatic carbocycles. The molecule has 0 aliphatic carbocycles. The van der Waals surface area contributed by atoms with Crippen LogP contribution in [0.3, 0.4) is 0 Å². The third kappa shape index (κ3) is 2.94. The highest BCUT2D eigenvalue weighted by atomic mass is 35.5. The second-order valence-electron chi connectivity index (χ2n) is 6.11. The number of carbonyl (C=O) groups is 2. The van der Waals surface area contributed by atoms with Crippen LogP contribution in [0, 0.1) is 5.41 Å². The van der Waals surface area contributed by atoms with E-state index in [1.807, 2.05) is 0 Å².